The van der Waals surface area contributed by atoms with Crippen molar-refractivity contribution >= 4 is 33.4 Å². The highest BCUT2D eigenvalue weighted by Gasteiger charge is 2.23. The van der Waals surface area contributed by atoms with Crippen LogP contribution < -0.4 is 5.32 Å². The minimum absolute atomic E-state index is 0.103. The van der Waals surface area contributed by atoms with Gasteiger partial charge in [-0.2, -0.15) is 4.31 Å². The lowest BCUT2D eigenvalue weighted by Crippen LogP contribution is -2.30. The number of nitrogens with one attached hydrogen (secondary N) is 1. The second-order valence-electron chi connectivity index (χ2n) is 6.51. The van der Waals surface area contributed by atoms with Crippen LogP contribution in [0, 0.1) is 5.82 Å². The maximum atomic E-state index is 13.3. The molecule has 3 aromatic rings. The van der Waals surface area contributed by atoms with E-state index >= 15 is 0 Å². The summed E-state index contributed by atoms with van der Waals surface area (Å²) in [6, 6.07) is 11.9. The van der Waals surface area contributed by atoms with E-state index < -0.39 is 15.9 Å². The number of imidazole rings is 1. The lowest BCUT2D eigenvalue weighted by molar-refractivity contribution is 0.102. The van der Waals surface area contributed by atoms with Crippen LogP contribution in [-0.2, 0) is 10.0 Å². The summed E-state index contributed by atoms with van der Waals surface area (Å²) in [4.78, 5) is 17.4. The van der Waals surface area contributed by atoms with Gasteiger partial charge in [0.05, 0.1) is 11.1 Å². The molecule has 0 bridgehead atoms. The van der Waals surface area contributed by atoms with Crippen molar-refractivity contribution in [2.24, 2.45) is 0 Å². The Labute approximate surface area is 185 Å². The third-order valence-electron chi connectivity index (χ3n) is 4.66. The first-order valence-corrected chi connectivity index (χ1v) is 12.3. The van der Waals surface area contributed by atoms with Gasteiger partial charge in [-0.3, -0.25) is 9.36 Å². The number of halogens is 1. The number of benzene rings is 2. The van der Waals surface area contributed by atoms with E-state index in [0.29, 0.717) is 29.6 Å². The average Bonchev–Trinajstić information content (AvgIpc) is 3.19. The van der Waals surface area contributed by atoms with Gasteiger partial charge in [0.15, 0.2) is 5.16 Å². The molecule has 0 aliphatic heterocycles. The van der Waals surface area contributed by atoms with E-state index in [-0.39, 0.29) is 16.4 Å². The molecule has 1 heterocycles. The highest BCUT2D eigenvalue weighted by molar-refractivity contribution is 7.98. The quantitative estimate of drug-likeness (QED) is 0.511. The van der Waals surface area contributed by atoms with E-state index in [1.807, 2.05) is 6.26 Å². The van der Waals surface area contributed by atoms with Crippen molar-refractivity contribution in [2.45, 2.75) is 23.9 Å². The fourth-order valence-electron chi connectivity index (χ4n) is 3.12. The second kappa shape index (κ2) is 9.63. The number of carbonyl (C=O) groups excluding carboxylic acids is 1. The maximum Gasteiger partial charge on any atom is 0.274 e. The van der Waals surface area contributed by atoms with Gasteiger partial charge in [0.2, 0.25) is 10.0 Å². The van der Waals surface area contributed by atoms with Crippen LogP contribution in [0.4, 0.5) is 10.1 Å². The standard InChI is InChI=1S/C21H23FN4O3S2/c1-4-25(5-2)31(28,29)18-8-6-7-16(13-18)24-20(27)19-14-23-21(30-3)26(19)17-11-9-15(22)10-12-17/h6-14H,4-5H2,1-3H3,(H,24,27). The van der Waals surface area contributed by atoms with Crippen molar-refractivity contribution in [1.82, 2.24) is 13.9 Å². The Morgan fingerprint density at radius 1 is 1.16 bits per heavy atom. The molecular weight excluding hydrogens is 439 g/mol. The molecule has 1 aromatic heterocycles. The number of anilines is 1. The predicted octanol–water partition coefficient (Wildman–Crippen LogP) is 4.02. The number of aromatic nitrogens is 2. The van der Waals surface area contributed by atoms with Gasteiger partial charge in [-0.05, 0) is 48.7 Å². The molecule has 0 atom stereocenters. The van der Waals surface area contributed by atoms with Gasteiger partial charge in [-0.1, -0.05) is 31.7 Å². The molecule has 3 rings (SSSR count). The zero-order valence-corrected chi connectivity index (χ0v) is 19.0. The lowest BCUT2D eigenvalue weighted by atomic mass is 10.3. The summed E-state index contributed by atoms with van der Waals surface area (Å²) in [7, 11) is -3.65. The Kier molecular flexibility index (Phi) is 7.14. The highest BCUT2D eigenvalue weighted by atomic mass is 32.2. The van der Waals surface area contributed by atoms with Crippen molar-refractivity contribution in [3.63, 3.8) is 0 Å². The van der Waals surface area contributed by atoms with Crippen LogP contribution >= 0.6 is 11.8 Å². The minimum atomic E-state index is -3.65. The summed E-state index contributed by atoms with van der Waals surface area (Å²) in [5.74, 6) is -0.846. The van der Waals surface area contributed by atoms with Crippen molar-refractivity contribution in [1.29, 1.82) is 0 Å². The molecular formula is C21H23FN4O3S2. The van der Waals surface area contributed by atoms with Crippen molar-refractivity contribution < 1.29 is 17.6 Å². The first-order valence-electron chi connectivity index (χ1n) is 9.61. The van der Waals surface area contributed by atoms with Crippen LogP contribution in [0.5, 0.6) is 0 Å². The molecule has 164 valence electrons. The first kappa shape index (κ1) is 23.0. The van der Waals surface area contributed by atoms with Crippen LogP contribution in [0.2, 0.25) is 0 Å². The number of hydrogen-bond acceptors (Lipinski definition) is 5. The van der Waals surface area contributed by atoms with Crippen LogP contribution in [0.1, 0.15) is 24.3 Å². The molecule has 0 spiro atoms. The summed E-state index contributed by atoms with van der Waals surface area (Å²) >= 11 is 1.35. The average molecular weight is 463 g/mol. The van der Waals surface area contributed by atoms with Crippen molar-refractivity contribution in [3.8, 4) is 5.69 Å². The maximum absolute atomic E-state index is 13.3. The summed E-state index contributed by atoms with van der Waals surface area (Å²) in [6.07, 6.45) is 3.26. The number of thioether (sulfide) groups is 1. The molecule has 0 radical (unpaired) electrons. The summed E-state index contributed by atoms with van der Waals surface area (Å²) in [5, 5.41) is 3.30. The van der Waals surface area contributed by atoms with E-state index in [2.05, 4.69) is 10.3 Å². The fourth-order valence-corrected chi connectivity index (χ4v) is 5.17. The van der Waals surface area contributed by atoms with Crippen molar-refractivity contribution in [3.05, 3.63) is 66.2 Å². The molecule has 0 unspecified atom stereocenters. The van der Waals surface area contributed by atoms with E-state index in [1.54, 1.807) is 42.7 Å². The largest absolute Gasteiger partial charge is 0.321 e. The number of hydrogen-bond donors (Lipinski definition) is 1. The molecule has 0 aliphatic carbocycles. The van der Waals surface area contributed by atoms with E-state index in [9.17, 15) is 17.6 Å². The Morgan fingerprint density at radius 2 is 1.84 bits per heavy atom. The van der Waals surface area contributed by atoms with Crippen LogP contribution in [0.25, 0.3) is 5.69 Å². The van der Waals surface area contributed by atoms with Gasteiger partial charge < -0.3 is 5.32 Å². The highest BCUT2D eigenvalue weighted by Crippen LogP contribution is 2.24. The molecule has 31 heavy (non-hydrogen) atoms. The van der Waals surface area contributed by atoms with Gasteiger partial charge in [-0.15, -0.1) is 0 Å². The minimum Gasteiger partial charge on any atom is -0.321 e. The normalized spacial score (nSPS) is 11.6. The smallest absolute Gasteiger partial charge is 0.274 e. The summed E-state index contributed by atoms with van der Waals surface area (Å²) in [5.41, 5.74) is 1.18. The molecule has 0 aliphatic rings. The number of nitrogens with zero attached hydrogens (tertiary/aromatic N) is 3. The van der Waals surface area contributed by atoms with Crippen molar-refractivity contribution in [2.75, 3.05) is 24.7 Å². The van der Waals surface area contributed by atoms with Gasteiger partial charge in [0.25, 0.3) is 5.91 Å². The molecule has 7 nitrogen and oxygen atoms in total. The van der Waals surface area contributed by atoms with Crippen LogP contribution in [0.15, 0.2) is 64.8 Å². The Bertz CT molecular complexity index is 1170. The zero-order chi connectivity index (χ0) is 22.6. The lowest BCUT2D eigenvalue weighted by Gasteiger charge is -2.19. The molecule has 2 aromatic carbocycles. The monoisotopic (exact) mass is 462 g/mol. The number of amides is 1. The Balaban J connectivity index is 1.93. The number of sulfonamides is 1. The third kappa shape index (κ3) is 4.81. The van der Waals surface area contributed by atoms with Crippen LogP contribution in [-0.4, -0.2) is 47.5 Å². The van der Waals surface area contributed by atoms with Gasteiger partial charge in [0, 0.05) is 24.5 Å². The molecule has 0 fully saturated rings. The molecule has 0 saturated carbocycles. The SMILES string of the molecule is CCN(CC)S(=O)(=O)c1cccc(NC(=O)c2cnc(SC)n2-c2ccc(F)cc2)c1. The van der Waals surface area contributed by atoms with Gasteiger partial charge in [-0.25, -0.2) is 17.8 Å². The van der Waals surface area contributed by atoms with Crippen LogP contribution in [0.3, 0.4) is 0 Å². The number of rotatable bonds is 8. The fraction of sp³-hybridized carbons (Fsp3) is 0.238. The summed E-state index contributed by atoms with van der Waals surface area (Å²) < 4.78 is 41.9. The van der Waals surface area contributed by atoms with Gasteiger partial charge in [0.1, 0.15) is 11.5 Å². The molecule has 10 heteroatoms. The van der Waals surface area contributed by atoms with Gasteiger partial charge >= 0.3 is 0 Å². The Hall–Kier alpha value is -2.69. The Morgan fingerprint density at radius 3 is 2.45 bits per heavy atom. The predicted molar refractivity (Wildman–Crippen MR) is 120 cm³/mol. The zero-order valence-electron chi connectivity index (χ0n) is 17.4. The molecule has 1 N–H and O–H groups in total. The first-order chi connectivity index (χ1) is 14.8. The second-order valence-corrected chi connectivity index (χ2v) is 9.22. The topological polar surface area (TPSA) is 84.3 Å². The van der Waals surface area contributed by atoms with E-state index in [1.165, 1.54) is 46.5 Å². The third-order valence-corrected chi connectivity index (χ3v) is 7.36. The van der Waals surface area contributed by atoms with E-state index in [4.69, 9.17) is 0 Å². The van der Waals surface area contributed by atoms with E-state index in [0.717, 1.165) is 0 Å². The molecule has 1 amide bonds. The number of carbonyl (C=O) groups is 1. The summed E-state index contributed by atoms with van der Waals surface area (Å²) in [6.45, 7) is 4.24. The molecule has 0 saturated heterocycles.